The van der Waals surface area contributed by atoms with E-state index in [0.717, 1.165) is 10.4 Å². The summed E-state index contributed by atoms with van der Waals surface area (Å²) in [5.74, 6) is -0.00252. The minimum Gasteiger partial charge on any atom is -0.350 e. The van der Waals surface area contributed by atoms with Crippen molar-refractivity contribution in [1.82, 2.24) is 10.6 Å². The number of hydrogen-bond donors (Lipinski definition) is 2. The summed E-state index contributed by atoms with van der Waals surface area (Å²) in [6, 6.07) is 11.5. The largest absolute Gasteiger partial charge is 0.350 e. The zero-order chi connectivity index (χ0) is 15.2. The van der Waals surface area contributed by atoms with Crippen LogP contribution in [0.5, 0.6) is 0 Å². The van der Waals surface area contributed by atoms with Crippen molar-refractivity contribution in [2.45, 2.75) is 32.5 Å². The lowest BCUT2D eigenvalue weighted by molar-refractivity contribution is -0.123. The van der Waals surface area contributed by atoms with Gasteiger partial charge in [0.1, 0.15) is 0 Å². The first-order chi connectivity index (χ1) is 10.1. The fourth-order valence-corrected chi connectivity index (χ4v) is 2.91. The molecule has 0 spiro atoms. The van der Waals surface area contributed by atoms with E-state index in [1.807, 2.05) is 55.6 Å². The van der Waals surface area contributed by atoms with Gasteiger partial charge in [0.25, 0.3) is 0 Å². The molecule has 0 fully saturated rings. The van der Waals surface area contributed by atoms with Crippen molar-refractivity contribution in [2.75, 3.05) is 0 Å². The average molecular weight is 323 g/mol. The second-order valence-corrected chi connectivity index (χ2v) is 6.43. The lowest BCUT2D eigenvalue weighted by Gasteiger charge is -2.20. The van der Waals surface area contributed by atoms with Crippen molar-refractivity contribution in [3.8, 4) is 0 Å². The molecule has 1 amide bonds. The average Bonchev–Trinajstić information content (AvgIpc) is 2.97. The maximum absolute atomic E-state index is 12.1. The van der Waals surface area contributed by atoms with Crippen molar-refractivity contribution in [3.63, 3.8) is 0 Å². The Labute approximate surface area is 134 Å². The molecular formula is C16H19ClN2OS. The number of carbonyl (C=O) groups is 1. The van der Waals surface area contributed by atoms with E-state index in [2.05, 4.69) is 10.6 Å². The Balaban J connectivity index is 1.85. The lowest BCUT2D eigenvalue weighted by atomic mass is 10.1. The van der Waals surface area contributed by atoms with Crippen LogP contribution in [0.2, 0.25) is 5.02 Å². The van der Waals surface area contributed by atoms with Gasteiger partial charge in [-0.2, -0.15) is 0 Å². The summed E-state index contributed by atoms with van der Waals surface area (Å²) < 4.78 is 0. The summed E-state index contributed by atoms with van der Waals surface area (Å²) in [7, 11) is 0. The van der Waals surface area contributed by atoms with E-state index in [1.165, 1.54) is 0 Å². The van der Waals surface area contributed by atoms with Gasteiger partial charge >= 0.3 is 0 Å². The van der Waals surface area contributed by atoms with E-state index in [9.17, 15) is 4.79 Å². The van der Waals surface area contributed by atoms with Gasteiger partial charge in [-0.05, 0) is 43.0 Å². The van der Waals surface area contributed by atoms with Crippen molar-refractivity contribution in [3.05, 3.63) is 57.2 Å². The lowest BCUT2D eigenvalue weighted by Crippen LogP contribution is -2.42. The van der Waals surface area contributed by atoms with E-state index in [0.29, 0.717) is 11.6 Å². The molecule has 1 heterocycles. The van der Waals surface area contributed by atoms with Gasteiger partial charge in [0, 0.05) is 15.9 Å². The molecule has 0 bridgehead atoms. The van der Waals surface area contributed by atoms with Gasteiger partial charge in [-0.1, -0.05) is 29.8 Å². The van der Waals surface area contributed by atoms with Crippen LogP contribution in [-0.4, -0.2) is 11.9 Å². The van der Waals surface area contributed by atoms with Crippen molar-refractivity contribution in [2.24, 2.45) is 0 Å². The summed E-state index contributed by atoms with van der Waals surface area (Å²) in [4.78, 5) is 13.2. The molecule has 0 aliphatic rings. The number of thiophene rings is 1. The van der Waals surface area contributed by atoms with Gasteiger partial charge in [-0.15, -0.1) is 11.3 Å². The van der Waals surface area contributed by atoms with Gasteiger partial charge in [0.2, 0.25) is 5.91 Å². The molecule has 21 heavy (non-hydrogen) atoms. The number of hydrogen-bond acceptors (Lipinski definition) is 3. The highest BCUT2D eigenvalue weighted by Crippen LogP contribution is 2.17. The van der Waals surface area contributed by atoms with Gasteiger partial charge in [0.15, 0.2) is 0 Å². The maximum atomic E-state index is 12.1. The fraction of sp³-hybridized carbons (Fsp3) is 0.312. The SMILES string of the molecule is C[C@H](N[C@@H](C)c1cccc(Cl)c1)C(=O)NCc1cccs1. The Hall–Kier alpha value is -1.36. The van der Waals surface area contributed by atoms with Gasteiger partial charge in [0.05, 0.1) is 12.6 Å². The van der Waals surface area contributed by atoms with Gasteiger partial charge in [-0.25, -0.2) is 0 Å². The number of rotatable bonds is 6. The summed E-state index contributed by atoms with van der Waals surface area (Å²) >= 11 is 7.63. The predicted octanol–water partition coefficient (Wildman–Crippen LogP) is 3.76. The summed E-state index contributed by atoms with van der Waals surface area (Å²) in [6.45, 7) is 4.47. The zero-order valence-corrected chi connectivity index (χ0v) is 13.7. The Morgan fingerprint density at radius 1 is 1.29 bits per heavy atom. The number of benzene rings is 1. The molecule has 5 heteroatoms. The van der Waals surface area contributed by atoms with Crippen LogP contribution in [0.4, 0.5) is 0 Å². The monoisotopic (exact) mass is 322 g/mol. The fourth-order valence-electron chi connectivity index (χ4n) is 2.06. The number of halogens is 1. The van der Waals surface area contributed by atoms with Crippen LogP contribution in [0.15, 0.2) is 41.8 Å². The highest BCUT2D eigenvalue weighted by atomic mass is 35.5. The zero-order valence-electron chi connectivity index (χ0n) is 12.1. The second-order valence-electron chi connectivity index (χ2n) is 4.96. The van der Waals surface area contributed by atoms with Crippen molar-refractivity contribution >= 4 is 28.8 Å². The number of carbonyl (C=O) groups excluding carboxylic acids is 1. The first-order valence-corrected chi connectivity index (χ1v) is 8.13. The summed E-state index contributed by atoms with van der Waals surface area (Å²) in [6.07, 6.45) is 0. The quantitative estimate of drug-likeness (QED) is 0.850. The third-order valence-corrected chi connectivity index (χ3v) is 4.37. The standard InChI is InChI=1S/C16H19ClN2OS/c1-11(13-5-3-6-14(17)9-13)19-12(2)16(20)18-10-15-7-4-8-21-15/h3-9,11-12,19H,10H2,1-2H3,(H,18,20)/t11-,12-/m0/s1. The van der Waals surface area contributed by atoms with E-state index < -0.39 is 0 Å². The maximum Gasteiger partial charge on any atom is 0.237 e. The molecule has 2 atom stereocenters. The molecule has 0 saturated heterocycles. The molecule has 0 unspecified atom stereocenters. The van der Waals surface area contributed by atoms with Crippen LogP contribution < -0.4 is 10.6 Å². The van der Waals surface area contributed by atoms with Gasteiger partial charge in [-0.3, -0.25) is 10.1 Å². The molecule has 1 aromatic carbocycles. The highest BCUT2D eigenvalue weighted by Gasteiger charge is 2.16. The summed E-state index contributed by atoms with van der Waals surface area (Å²) in [5, 5.41) is 8.93. The first-order valence-electron chi connectivity index (χ1n) is 6.88. The third-order valence-electron chi connectivity index (χ3n) is 3.26. The molecule has 0 radical (unpaired) electrons. The minimum atomic E-state index is -0.265. The number of amides is 1. The highest BCUT2D eigenvalue weighted by molar-refractivity contribution is 7.09. The molecule has 112 valence electrons. The van der Waals surface area contributed by atoms with Crippen molar-refractivity contribution < 1.29 is 4.79 Å². The molecule has 0 aliphatic heterocycles. The van der Waals surface area contributed by atoms with Crippen LogP contribution in [0.1, 0.15) is 30.3 Å². The molecule has 3 nitrogen and oxygen atoms in total. The molecule has 0 saturated carbocycles. The Morgan fingerprint density at radius 2 is 2.10 bits per heavy atom. The van der Waals surface area contributed by atoms with Crippen LogP contribution in [0, 0.1) is 0 Å². The van der Waals surface area contributed by atoms with Crippen LogP contribution in [0.25, 0.3) is 0 Å². The smallest absolute Gasteiger partial charge is 0.237 e. The Bertz CT molecular complexity index is 586. The topological polar surface area (TPSA) is 41.1 Å². The van der Waals surface area contributed by atoms with Crippen LogP contribution >= 0.6 is 22.9 Å². The molecular weight excluding hydrogens is 304 g/mol. The predicted molar refractivity (Wildman–Crippen MR) is 88.6 cm³/mol. The molecule has 2 aromatic rings. The van der Waals surface area contributed by atoms with E-state index >= 15 is 0 Å². The van der Waals surface area contributed by atoms with Crippen molar-refractivity contribution in [1.29, 1.82) is 0 Å². The van der Waals surface area contributed by atoms with E-state index in [4.69, 9.17) is 11.6 Å². The summed E-state index contributed by atoms with van der Waals surface area (Å²) in [5.41, 5.74) is 1.07. The first kappa shape index (κ1) is 16.0. The molecule has 2 rings (SSSR count). The van der Waals surface area contributed by atoms with Gasteiger partial charge < -0.3 is 5.32 Å². The Kier molecular flexibility index (Phi) is 5.79. The van der Waals surface area contributed by atoms with E-state index in [-0.39, 0.29) is 18.0 Å². The van der Waals surface area contributed by atoms with Crippen LogP contribution in [-0.2, 0) is 11.3 Å². The molecule has 1 aromatic heterocycles. The van der Waals surface area contributed by atoms with E-state index in [1.54, 1.807) is 11.3 Å². The molecule has 2 N–H and O–H groups in total. The minimum absolute atomic E-state index is 0.00252. The second kappa shape index (κ2) is 7.59. The van der Waals surface area contributed by atoms with Crippen LogP contribution in [0.3, 0.4) is 0 Å². The number of nitrogens with one attached hydrogen (secondary N) is 2. The Morgan fingerprint density at radius 3 is 2.76 bits per heavy atom. The third kappa shape index (κ3) is 4.84. The normalized spacial score (nSPS) is 13.7. The molecule has 0 aliphatic carbocycles.